The predicted octanol–water partition coefficient (Wildman–Crippen LogP) is 5.29. The van der Waals surface area contributed by atoms with E-state index in [0.29, 0.717) is 0 Å². The van der Waals surface area contributed by atoms with Gasteiger partial charge in [-0.25, -0.2) is 0 Å². The summed E-state index contributed by atoms with van der Waals surface area (Å²) in [6.45, 7) is 4.41. The minimum Gasteiger partial charge on any atom is -0.313 e. The Morgan fingerprint density at radius 3 is 2.52 bits per heavy atom. The highest BCUT2D eigenvalue weighted by Gasteiger charge is 2.19. The Kier molecular flexibility index (Phi) is 2.75. The van der Waals surface area contributed by atoms with E-state index in [2.05, 4.69) is 73.0 Å². The van der Waals surface area contributed by atoms with Crippen molar-refractivity contribution in [3.8, 4) is 5.69 Å². The van der Waals surface area contributed by atoms with Crippen LogP contribution in [0.25, 0.3) is 22.7 Å². The molecule has 1 aliphatic carbocycles. The maximum Gasteiger partial charge on any atom is 0.0537 e. The van der Waals surface area contributed by atoms with Gasteiger partial charge in [-0.1, -0.05) is 41.5 Å². The maximum absolute atomic E-state index is 2.44. The zero-order valence-corrected chi connectivity index (χ0v) is 12.6. The summed E-state index contributed by atoms with van der Waals surface area (Å²) in [5, 5.41) is 1.38. The van der Waals surface area contributed by atoms with E-state index in [1.807, 2.05) is 0 Å². The molecule has 0 fully saturated rings. The van der Waals surface area contributed by atoms with E-state index in [4.69, 9.17) is 0 Å². The first kappa shape index (κ1) is 12.5. The summed E-state index contributed by atoms with van der Waals surface area (Å²) in [5.74, 6) is 0. The quantitative estimate of drug-likeness (QED) is 0.568. The molecule has 104 valence electrons. The summed E-state index contributed by atoms with van der Waals surface area (Å²) in [4.78, 5) is 0. The molecule has 1 nitrogen and oxygen atoms in total. The molecule has 2 aromatic carbocycles. The van der Waals surface area contributed by atoms with Gasteiger partial charge in [0.2, 0.25) is 0 Å². The third-order valence-electron chi connectivity index (χ3n) is 4.43. The number of para-hydroxylation sites is 1. The lowest BCUT2D eigenvalue weighted by Gasteiger charge is -2.15. The molecule has 3 aromatic rings. The van der Waals surface area contributed by atoms with Crippen LogP contribution in [0, 0.1) is 6.92 Å². The largest absolute Gasteiger partial charge is 0.313 e. The molecule has 0 bridgehead atoms. The zero-order chi connectivity index (χ0) is 14.4. The normalized spacial score (nSPS) is 14.1. The van der Waals surface area contributed by atoms with E-state index in [1.165, 1.54) is 39.0 Å². The molecule has 0 radical (unpaired) electrons. The van der Waals surface area contributed by atoms with E-state index in [9.17, 15) is 0 Å². The first-order valence-corrected chi connectivity index (χ1v) is 7.60. The summed E-state index contributed by atoms with van der Waals surface area (Å²) in [6, 6.07) is 17.5. The van der Waals surface area contributed by atoms with Crippen molar-refractivity contribution in [2.75, 3.05) is 0 Å². The Balaban J connectivity index is 2.12. The fourth-order valence-corrected chi connectivity index (χ4v) is 3.40. The van der Waals surface area contributed by atoms with Crippen molar-refractivity contribution in [2.45, 2.75) is 26.7 Å². The van der Waals surface area contributed by atoms with Crippen LogP contribution in [0.4, 0.5) is 0 Å². The van der Waals surface area contributed by atoms with Crippen molar-refractivity contribution in [1.29, 1.82) is 0 Å². The number of hydrogen-bond acceptors (Lipinski definition) is 0. The number of fused-ring (bicyclic) bond motifs is 3. The molecule has 0 amide bonds. The molecule has 21 heavy (non-hydrogen) atoms. The summed E-state index contributed by atoms with van der Waals surface area (Å²) < 4.78 is 2.44. The molecular weight excluding hydrogens is 254 g/mol. The van der Waals surface area contributed by atoms with Crippen LogP contribution < -0.4 is 0 Å². The molecule has 0 aliphatic heterocycles. The summed E-state index contributed by atoms with van der Waals surface area (Å²) in [7, 11) is 0. The Labute approximate surface area is 125 Å². The standard InChI is InChI=1S/C20H19N/c1-14-8-10-19-17(12-14)18-13-15(2)9-11-20(18)21(19)16-6-4-3-5-7-16/h3-8,10,12-13H,9,11H2,1-2H3. The Hall–Kier alpha value is -2.28. The minimum absolute atomic E-state index is 1.13. The van der Waals surface area contributed by atoms with Crippen LogP contribution in [0.15, 0.2) is 54.1 Å². The highest BCUT2D eigenvalue weighted by Crippen LogP contribution is 2.35. The molecule has 1 heteroatoms. The molecular formula is C20H19N. The Morgan fingerprint density at radius 1 is 0.905 bits per heavy atom. The van der Waals surface area contributed by atoms with Crippen LogP contribution in [0.2, 0.25) is 0 Å². The van der Waals surface area contributed by atoms with Crippen LogP contribution in [-0.2, 0) is 6.42 Å². The fourth-order valence-electron chi connectivity index (χ4n) is 3.40. The van der Waals surface area contributed by atoms with Gasteiger partial charge in [0.15, 0.2) is 0 Å². The Morgan fingerprint density at radius 2 is 1.71 bits per heavy atom. The molecule has 1 aliphatic rings. The maximum atomic E-state index is 2.44. The summed E-state index contributed by atoms with van der Waals surface area (Å²) >= 11 is 0. The van der Waals surface area contributed by atoms with Crippen LogP contribution in [0.1, 0.15) is 30.2 Å². The van der Waals surface area contributed by atoms with Gasteiger partial charge in [-0.2, -0.15) is 0 Å². The minimum atomic E-state index is 1.13. The van der Waals surface area contributed by atoms with Crippen molar-refractivity contribution < 1.29 is 0 Å². The van der Waals surface area contributed by atoms with E-state index in [-0.39, 0.29) is 0 Å². The molecule has 4 rings (SSSR count). The van der Waals surface area contributed by atoms with Gasteiger partial charge < -0.3 is 4.57 Å². The van der Waals surface area contributed by atoms with Crippen molar-refractivity contribution in [1.82, 2.24) is 4.57 Å². The van der Waals surface area contributed by atoms with Crippen LogP contribution >= 0.6 is 0 Å². The van der Waals surface area contributed by atoms with Gasteiger partial charge in [-0.3, -0.25) is 0 Å². The van der Waals surface area contributed by atoms with Gasteiger partial charge in [0.05, 0.1) is 5.52 Å². The predicted molar refractivity (Wildman–Crippen MR) is 90.0 cm³/mol. The van der Waals surface area contributed by atoms with Gasteiger partial charge in [-0.05, 0) is 51.0 Å². The lowest BCUT2D eigenvalue weighted by molar-refractivity contribution is 0.856. The SMILES string of the molecule is CC1=Cc2c(n(-c3ccccc3)c3ccc(C)cc23)CC1. The van der Waals surface area contributed by atoms with Gasteiger partial charge in [0.1, 0.15) is 0 Å². The summed E-state index contributed by atoms with van der Waals surface area (Å²) in [5.41, 5.74) is 8.26. The topological polar surface area (TPSA) is 4.93 Å². The van der Waals surface area contributed by atoms with E-state index in [0.717, 1.165) is 12.8 Å². The van der Waals surface area contributed by atoms with E-state index >= 15 is 0 Å². The van der Waals surface area contributed by atoms with Crippen molar-refractivity contribution >= 4 is 17.0 Å². The third kappa shape index (κ3) is 1.92. The van der Waals surface area contributed by atoms with Crippen molar-refractivity contribution in [2.24, 2.45) is 0 Å². The number of benzene rings is 2. The average molecular weight is 273 g/mol. The second-order valence-electron chi connectivity index (χ2n) is 6.04. The fraction of sp³-hybridized carbons (Fsp3) is 0.200. The first-order valence-electron chi connectivity index (χ1n) is 7.60. The average Bonchev–Trinajstić information content (AvgIpc) is 2.81. The Bertz CT molecular complexity index is 850. The molecule has 0 saturated carbocycles. The molecule has 0 unspecified atom stereocenters. The van der Waals surface area contributed by atoms with Crippen molar-refractivity contribution in [3.05, 3.63) is 70.9 Å². The van der Waals surface area contributed by atoms with Gasteiger partial charge in [-0.15, -0.1) is 0 Å². The highest BCUT2D eigenvalue weighted by atomic mass is 15.0. The zero-order valence-electron chi connectivity index (χ0n) is 12.6. The molecule has 0 atom stereocenters. The van der Waals surface area contributed by atoms with Crippen LogP contribution in [0.5, 0.6) is 0 Å². The van der Waals surface area contributed by atoms with Gasteiger partial charge in [0.25, 0.3) is 0 Å². The highest BCUT2D eigenvalue weighted by molar-refractivity contribution is 5.94. The van der Waals surface area contributed by atoms with Crippen LogP contribution in [0.3, 0.4) is 0 Å². The molecule has 0 spiro atoms. The molecule has 0 N–H and O–H groups in total. The number of allylic oxidation sites excluding steroid dienone is 1. The number of aromatic nitrogens is 1. The smallest absolute Gasteiger partial charge is 0.0537 e. The lowest BCUT2D eigenvalue weighted by atomic mass is 9.96. The lowest BCUT2D eigenvalue weighted by Crippen LogP contribution is -2.04. The number of hydrogen-bond donors (Lipinski definition) is 0. The van der Waals surface area contributed by atoms with Gasteiger partial charge in [0, 0.05) is 22.3 Å². The number of nitrogens with zero attached hydrogens (tertiary/aromatic N) is 1. The number of rotatable bonds is 1. The first-order chi connectivity index (χ1) is 10.2. The molecule has 1 heterocycles. The molecule has 1 aromatic heterocycles. The second-order valence-corrected chi connectivity index (χ2v) is 6.04. The third-order valence-corrected chi connectivity index (χ3v) is 4.43. The van der Waals surface area contributed by atoms with Gasteiger partial charge >= 0.3 is 0 Å². The monoisotopic (exact) mass is 273 g/mol. The van der Waals surface area contributed by atoms with E-state index < -0.39 is 0 Å². The second kappa shape index (κ2) is 4.63. The van der Waals surface area contributed by atoms with E-state index in [1.54, 1.807) is 0 Å². The summed E-state index contributed by atoms with van der Waals surface area (Å²) in [6.07, 6.45) is 4.66. The van der Waals surface area contributed by atoms with Crippen molar-refractivity contribution in [3.63, 3.8) is 0 Å². The number of aryl methyl sites for hydroxylation is 1. The van der Waals surface area contributed by atoms with Crippen LogP contribution in [-0.4, -0.2) is 4.57 Å². The molecule has 0 saturated heterocycles.